The Kier molecular flexibility index (Phi) is 3.59. The minimum absolute atomic E-state index is 0.0721. The molecule has 2 aliphatic carbocycles. The van der Waals surface area contributed by atoms with Crippen molar-refractivity contribution in [3.8, 4) is 0 Å². The SMILES string of the molecule is CCC1NC(CC(C)C)N(C2CC3CCC2C3)C1=O. The number of rotatable bonds is 4. The van der Waals surface area contributed by atoms with Crippen LogP contribution in [0.3, 0.4) is 0 Å². The standard InChI is InChI=1S/C16H28N2O/c1-4-13-16(19)18(15(17-13)7-10(2)3)14-9-11-5-6-12(14)8-11/h10-15,17H,4-9H2,1-3H3. The van der Waals surface area contributed by atoms with Gasteiger partial charge in [0.2, 0.25) is 5.91 Å². The van der Waals surface area contributed by atoms with E-state index in [0.717, 1.165) is 24.7 Å². The number of nitrogens with one attached hydrogen (secondary N) is 1. The van der Waals surface area contributed by atoms with Crippen LogP contribution in [-0.2, 0) is 4.79 Å². The number of fused-ring (bicyclic) bond motifs is 2. The molecule has 108 valence electrons. The number of carbonyl (C=O) groups excluding carboxylic acids is 1. The summed E-state index contributed by atoms with van der Waals surface area (Å²) < 4.78 is 0. The first kappa shape index (κ1) is 13.4. The predicted octanol–water partition coefficient (Wildman–Crippen LogP) is 2.76. The van der Waals surface area contributed by atoms with Crippen LogP contribution < -0.4 is 5.32 Å². The Labute approximate surface area is 117 Å². The van der Waals surface area contributed by atoms with Gasteiger partial charge in [-0.2, -0.15) is 0 Å². The third kappa shape index (κ3) is 2.31. The molecule has 2 saturated carbocycles. The molecule has 3 fully saturated rings. The maximum atomic E-state index is 12.7. The molecule has 0 aromatic rings. The summed E-state index contributed by atoms with van der Waals surface area (Å²) in [6.45, 7) is 6.63. The Morgan fingerprint density at radius 3 is 2.63 bits per heavy atom. The second kappa shape index (κ2) is 5.08. The van der Waals surface area contributed by atoms with Crippen molar-refractivity contribution in [2.75, 3.05) is 0 Å². The van der Waals surface area contributed by atoms with E-state index < -0.39 is 0 Å². The van der Waals surface area contributed by atoms with E-state index in [0.29, 0.717) is 24.0 Å². The van der Waals surface area contributed by atoms with E-state index in [1.54, 1.807) is 0 Å². The van der Waals surface area contributed by atoms with Crippen molar-refractivity contribution in [3.63, 3.8) is 0 Å². The summed E-state index contributed by atoms with van der Waals surface area (Å²) in [5, 5.41) is 3.58. The monoisotopic (exact) mass is 264 g/mol. The van der Waals surface area contributed by atoms with Crippen molar-refractivity contribution in [1.29, 1.82) is 0 Å². The van der Waals surface area contributed by atoms with Crippen LogP contribution in [0.25, 0.3) is 0 Å². The number of hydrogen-bond donors (Lipinski definition) is 1. The number of carbonyl (C=O) groups is 1. The first-order valence-corrected chi connectivity index (χ1v) is 8.18. The molecule has 3 rings (SSSR count). The third-order valence-electron chi connectivity index (χ3n) is 5.44. The average Bonchev–Trinajstić information content (AvgIpc) is 3.02. The summed E-state index contributed by atoms with van der Waals surface area (Å²) in [6, 6.07) is 0.613. The zero-order chi connectivity index (χ0) is 13.6. The van der Waals surface area contributed by atoms with Gasteiger partial charge in [-0.1, -0.05) is 27.2 Å². The van der Waals surface area contributed by atoms with Gasteiger partial charge in [-0.3, -0.25) is 10.1 Å². The Bertz CT molecular complexity index is 355. The van der Waals surface area contributed by atoms with Gasteiger partial charge >= 0.3 is 0 Å². The molecule has 5 atom stereocenters. The van der Waals surface area contributed by atoms with Crippen LogP contribution in [0.5, 0.6) is 0 Å². The third-order valence-corrected chi connectivity index (χ3v) is 5.44. The molecule has 0 aromatic heterocycles. The lowest BCUT2D eigenvalue weighted by Crippen LogP contribution is -2.47. The normalized spacial score (nSPS) is 41.8. The fourth-order valence-corrected chi connectivity index (χ4v) is 4.58. The molecule has 0 radical (unpaired) electrons. The van der Waals surface area contributed by atoms with E-state index in [4.69, 9.17) is 0 Å². The minimum Gasteiger partial charge on any atom is -0.323 e. The zero-order valence-corrected chi connectivity index (χ0v) is 12.6. The molecule has 3 nitrogen and oxygen atoms in total. The molecule has 1 N–H and O–H groups in total. The quantitative estimate of drug-likeness (QED) is 0.847. The Morgan fingerprint density at radius 1 is 1.32 bits per heavy atom. The topological polar surface area (TPSA) is 32.3 Å². The predicted molar refractivity (Wildman–Crippen MR) is 76.5 cm³/mol. The molecular formula is C16H28N2O. The molecule has 1 aliphatic heterocycles. The van der Waals surface area contributed by atoms with Gasteiger partial charge in [0.25, 0.3) is 0 Å². The van der Waals surface area contributed by atoms with Gasteiger partial charge in [-0.15, -0.1) is 0 Å². The summed E-state index contributed by atoms with van der Waals surface area (Å²) in [7, 11) is 0. The van der Waals surface area contributed by atoms with Crippen LogP contribution in [0.2, 0.25) is 0 Å². The molecule has 0 spiro atoms. The maximum absolute atomic E-state index is 12.7. The Hall–Kier alpha value is -0.570. The number of nitrogens with zero attached hydrogens (tertiary/aromatic N) is 1. The van der Waals surface area contributed by atoms with Crippen molar-refractivity contribution in [2.24, 2.45) is 17.8 Å². The molecule has 1 saturated heterocycles. The van der Waals surface area contributed by atoms with E-state index in [1.807, 2.05) is 0 Å². The fourth-order valence-electron chi connectivity index (χ4n) is 4.58. The highest BCUT2D eigenvalue weighted by Crippen LogP contribution is 2.48. The fraction of sp³-hybridized carbons (Fsp3) is 0.938. The van der Waals surface area contributed by atoms with E-state index >= 15 is 0 Å². The number of amides is 1. The second-order valence-electron chi connectivity index (χ2n) is 7.26. The van der Waals surface area contributed by atoms with Gasteiger partial charge in [0, 0.05) is 6.04 Å². The molecule has 1 heterocycles. The molecule has 19 heavy (non-hydrogen) atoms. The summed E-state index contributed by atoms with van der Waals surface area (Å²) in [6.07, 6.45) is 7.71. The number of hydrogen-bond acceptors (Lipinski definition) is 2. The molecule has 1 amide bonds. The van der Waals surface area contributed by atoms with Gasteiger partial charge < -0.3 is 4.90 Å². The lowest BCUT2D eigenvalue weighted by atomic mass is 9.93. The molecule has 5 unspecified atom stereocenters. The van der Waals surface area contributed by atoms with Crippen LogP contribution in [0.1, 0.15) is 59.3 Å². The molecule has 0 aromatic carbocycles. The van der Waals surface area contributed by atoms with Crippen molar-refractivity contribution in [3.05, 3.63) is 0 Å². The lowest BCUT2D eigenvalue weighted by Gasteiger charge is -2.36. The summed E-state index contributed by atoms with van der Waals surface area (Å²) >= 11 is 0. The highest BCUT2D eigenvalue weighted by atomic mass is 16.2. The highest BCUT2D eigenvalue weighted by Gasteiger charge is 2.49. The van der Waals surface area contributed by atoms with Crippen molar-refractivity contribution in [1.82, 2.24) is 10.2 Å². The lowest BCUT2D eigenvalue weighted by molar-refractivity contribution is -0.133. The van der Waals surface area contributed by atoms with E-state index in [-0.39, 0.29) is 6.04 Å². The second-order valence-corrected chi connectivity index (χ2v) is 7.26. The van der Waals surface area contributed by atoms with Gasteiger partial charge in [0.1, 0.15) is 0 Å². The van der Waals surface area contributed by atoms with Gasteiger partial charge in [0.05, 0.1) is 12.2 Å². The largest absolute Gasteiger partial charge is 0.323 e. The summed E-state index contributed by atoms with van der Waals surface area (Å²) in [4.78, 5) is 14.9. The average molecular weight is 264 g/mol. The van der Waals surface area contributed by atoms with Crippen LogP contribution in [-0.4, -0.2) is 29.1 Å². The Balaban J connectivity index is 1.77. The maximum Gasteiger partial charge on any atom is 0.241 e. The van der Waals surface area contributed by atoms with Crippen molar-refractivity contribution < 1.29 is 4.79 Å². The van der Waals surface area contributed by atoms with Gasteiger partial charge in [0.15, 0.2) is 0 Å². The molecular weight excluding hydrogens is 236 g/mol. The first-order chi connectivity index (χ1) is 9.10. The van der Waals surface area contributed by atoms with E-state index in [2.05, 4.69) is 31.0 Å². The van der Waals surface area contributed by atoms with Crippen LogP contribution in [0.15, 0.2) is 0 Å². The van der Waals surface area contributed by atoms with Crippen molar-refractivity contribution in [2.45, 2.75) is 77.5 Å². The van der Waals surface area contributed by atoms with Gasteiger partial charge in [-0.25, -0.2) is 0 Å². The van der Waals surface area contributed by atoms with Crippen molar-refractivity contribution >= 4 is 5.91 Å². The van der Waals surface area contributed by atoms with E-state index in [9.17, 15) is 4.79 Å². The smallest absolute Gasteiger partial charge is 0.241 e. The molecule has 3 heteroatoms. The summed E-state index contributed by atoms with van der Waals surface area (Å²) in [5.74, 6) is 2.72. The molecule has 2 bridgehead atoms. The minimum atomic E-state index is 0.0721. The Morgan fingerprint density at radius 2 is 2.11 bits per heavy atom. The molecule has 3 aliphatic rings. The van der Waals surface area contributed by atoms with Gasteiger partial charge in [-0.05, 0) is 49.9 Å². The first-order valence-electron chi connectivity index (χ1n) is 8.18. The summed E-state index contributed by atoms with van der Waals surface area (Å²) in [5.41, 5.74) is 0. The van der Waals surface area contributed by atoms with Crippen LogP contribution in [0.4, 0.5) is 0 Å². The highest BCUT2D eigenvalue weighted by molar-refractivity contribution is 5.84. The van der Waals surface area contributed by atoms with E-state index in [1.165, 1.54) is 25.7 Å². The zero-order valence-electron chi connectivity index (χ0n) is 12.6. The van der Waals surface area contributed by atoms with Crippen LogP contribution >= 0.6 is 0 Å². The van der Waals surface area contributed by atoms with Crippen LogP contribution in [0, 0.1) is 17.8 Å².